The molecule has 0 fully saturated rings. The van der Waals surface area contributed by atoms with E-state index in [-0.39, 0.29) is 11.8 Å². The van der Waals surface area contributed by atoms with Crippen LogP contribution in [0.2, 0.25) is 0 Å². The summed E-state index contributed by atoms with van der Waals surface area (Å²) in [7, 11) is 0. The summed E-state index contributed by atoms with van der Waals surface area (Å²) in [5.74, 6) is 1.05. The average Bonchev–Trinajstić information content (AvgIpc) is 2.78. The standard InChI is InChI=1S/C12H15N3O2/c1-2-4-10(13)12-14-11(15-17-12)8-5-3-6-9(16)7-8/h3,5-7,10,16H,2,4,13H2,1H3. The van der Waals surface area contributed by atoms with Gasteiger partial charge in [-0.05, 0) is 18.6 Å². The summed E-state index contributed by atoms with van der Waals surface area (Å²) in [4.78, 5) is 4.23. The van der Waals surface area contributed by atoms with Crippen LogP contribution in [0, 0.1) is 0 Å². The second kappa shape index (κ2) is 4.97. The van der Waals surface area contributed by atoms with Crippen molar-refractivity contribution in [3.63, 3.8) is 0 Å². The number of rotatable bonds is 4. The topological polar surface area (TPSA) is 85.2 Å². The van der Waals surface area contributed by atoms with Crippen LogP contribution in [-0.4, -0.2) is 15.2 Å². The number of benzene rings is 1. The molecule has 1 aromatic heterocycles. The molecule has 5 nitrogen and oxygen atoms in total. The van der Waals surface area contributed by atoms with Gasteiger partial charge in [0.1, 0.15) is 5.75 Å². The molecule has 90 valence electrons. The summed E-state index contributed by atoms with van der Waals surface area (Å²) < 4.78 is 5.11. The first-order valence-electron chi connectivity index (χ1n) is 5.59. The van der Waals surface area contributed by atoms with Crippen molar-refractivity contribution in [2.24, 2.45) is 5.73 Å². The number of phenolic OH excluding ortho intramolecular Hbond substituents is 1. The minimum Gasteiger partial charge on any atom is -0.508 e. The summed E-state index contributed by atoms with van der Waals surface area (Å²) in [6.45, 7) is 2.05. The van der Waals surface area contributed by atoms with Crippen LogP contribution in [0.15, 0.2) is 28.8 Å². The molecule has 2 aromatic rings. The summed E-state index contributed by atoms with van der Waals surface area (Å²) in [5.41, 5.74) is 6.59. The van der Waals surface area contributed by atoms with Gasteiger partial charge < -0.3 is 15.4 Å². The van der Waals surface area contributed by atoms with Crippen LogP contribution < -0.4 is 5.73 Å². The Morgan fingerprint density at radius 3 is 3.00 bits per heavy atom. The first-order chi connectivity index (χ1) is 8.20. The van der Waals surface area contributed by atoms with Crippen molar-refractivity contribution in [3.05, 3.63) is 30.2 Å². The molecular weight excluding hydrogens is 218 g/mol. The molecule has 0 aliphatic heterocycles. The van der Waals surface area contributed by atoms with Crippen LogP contribution in [0.4, 0.5) is 0 Å². The molecule has 0 amide bonds. The zero-order chi connectivity index (χ0) is 12.3. The molecule has 3 N–H and O–H groups in total. The first-order valence-corrected chi connectivity index (χ1v) is 5.59. The van der Waals surface area contributed by atoms with Gasteiger partial charge in [-0.3, -0.25) is 0 Å². The van der Waals surface area contributed by atoms with E-state index in [9.17, 15) is 5.11 Å². The molecule has 17 heavy (non-hydrogen) atoms. The van der Waals surface area contributed by atoms with E-state index in [0.29, 0.717) is 17.3 Å². The summed E-state index contributed by atoms with van der Waals surface area (Å²) in [6, 6.07) is 6.48. The fraction of sp³-hybridized carbons (Fsp3) is 0.333. The van der Waals surface area contributed by atoms with E-state index in [1.165, 1.54) is 0 Å². The molecule has 1 unspecified atom stereocenters. The van der Waals surface area contributed by atoms with E-state index in [1.807, 2.05) is 6.92 Å². The highest BCUT2D eigenvalue weighted by Crippen LogP contribution is 2.22. The third-order valence-corrected chi connectivity index (χ3v) is 2.46. The van der Waals surface area contributed by atoms with Crippen LogP contribution in [0.5, 0.6) is 5.75 Å². The maximum atomic E-state index is 9.36. The smallest absolute Gasteiger partial charge is 0.243 e. The van der Waals surface area contributed by atoms with Gasteiger partial charge in [0.05, 0.1) is 6.04 Å². The lowest BCUT2D eigenvalue weighted by molar-refractivity contribution is 0.348. The Hall–Kier alpha value is -1.88. The van der Waals surface area contributed by atoms with Crippen molar-refractivity contribution in [3.8, 4) is 17.1 Å². The summed E-state index contributed by atoms with van der Waals surface area (Å²) >= 11 is 0. The summed E-state index contributed by atoms with van der Waals surface area (Å²) in [6.07, 6.45) is 1.77. The molecule has 0 aliphatic rings. The van der Waals surface area contributed by atoms with E-state index in [2.05, 4.69) is 10.1 Å². The van der Waals surface area contributed by atoms with Crippen LogP contribution >= 0.6 is 0 Å². The minimum atomic E-state index is -0.224. The van der Waals surface area contributed by atoms with Crippen molar-refractivity contribution in [1.82, 2.24) is 10.1 Å². The van der Waals surface area contributed by atoms with E-state index in [1.54, 1.807) is 24.3 Å². The SMILES string of the molecule is CCCC(N)c1nc(-c2cccc(O)c2)no1. The zero-order valence-corrected chi connectivity index (χ0v) is 9.63. The second-order valence-electron chi connectivity index (χ2n) is 3.90. The lowest BCUT2D eigenvalue weighted by atomic mass is 10.2. The molecule has 0 radical (unpaired) electrons. The number of aromatic hydroxyl groups is 1. The molecule has 0 saturated heterocycles. The van der Waals surface area contributed by atoms with Crippen LogP contribution in [0.25, 0.3) is 11.4 Å². The quantitative estimate of drug-likeness (QED) is 0.845. The number of hydrogen-bond acceptors (Lipinski definition) is 5. The Balaban J connectivity index is 2.23. The maximum absolute atomic E-state index is 9.36. The monoisotopic (exact) mass is 233 g/mol. The largest absolute Gasteiger partial charge is 0.508 e. The van der Waals surface area contributed by atoms with Gasteiger partial charge in [-0.2, -0.15) is 4.98 Å². The van der Waals surface area contributed by atoms with Crippen molar-refractivity contribution in [1.29, 1.82) is 0 Å². The Kier molecular flexibility index (Phi) is 3.39. The van der Waals surface area contributed by atoms with Gasteiger partial charge in [0.2, 0.25) is 11.7 Å². The van der Waals surface area contributed by atoms with Crippen molar-refractivity contribution >= 4 is 0 Å². The van der Waals surface area contributed by atoms with E-state index in [0.717, 1.165) is 12.8 Å². The summed E-state index contributed by atoms with van der Waals surface area (Å²) in [5, 5.41) is 13.2. The van der Waals surface area contributed by atoms with Gasteiger partial charge in [0.25, 0.3) is 0 Å². The molecule has 5 heteroatoms. The lowest BCUT2D eigenvalue weighted by Gasteiger charge is -2.02. The van der Waals surface area contributed by atoms with E-state index < -0.39 is 0 Å². The Morgan fingerprint density at radius 1 is 1.47 bits per heavy atom. The normalized spacial score (nSPS) is 12.6. The van der Waals surface area contributed by atoms with Gasteiger partial charge in [-0.25, -0.2) is 0 Å². The highest BCUT2D eigenvalue weighted by molar-refractivity contribution is 5.56. The molecule has 0 spiro atoms. The van der Waals surface area contributed by atoms with Gasteiger partial charge >= 0.3 is 0 Å². The molecule has 2 rings (SSSR count). The predicted molar refractivity (Wildman–Crippen MR) is 63.2 cm³/mol. The second-order valence-corrected chi connectivity index (χ2v) is 3.90. The maximum Gasteiger partial charge on any atom is 0.243 e. The molecule has 0 aliphatic carbocycles. The van der Waals surface area contributed by atoms with Crippen molar-refractivity contribution in [2.45, 2.75) is 25.8 Å². The molecular formula is C12H15N3O2. The van der Waals surface area contributed by atoms with Crippen molar-refractivity contribution in [2.75, 3.05) is 0 Å². The molecule has 1 aromatic carbocycles. The van der Waals surface area contributed by atoms with Crippen LogP contribution in [0.3, 0.4) is 0 Å². The number of nitrogens with zero attached hydrogens (tertiary/aromatic N) is 2. The molecule has 1 atom stereocenters. The van der Waals surface area contributed by atoms with Crippen molar-refractivity contribution < 1.29 is 9.63 Å². The van der Waals surface area contributed by atoms with Gasteiger partial charge in [0, 0.05) is 5.56 Å². The van der Waals surface area contributed by atoms with Gasteiger partial charge in [-0.1, -0.05) is 30.6 Å². The lowest BCUT2D eigenvalue weighted by Crippen LogP contribution is -2.09. The van der Waals surface area contributed by atoms with E-state index >= 15 is 0 Å². The molecule has 0 saturated carbocycles. The number of aromatic nitrogens is 2. The number of phenols is 1. The highest BCUT2D eigenvalue weighted by atomic mass is 16.5. The molecule has 0 bridgehead atoms. The third kappa shape index (κ3) is 2.62. The van der Waals surface area contributed by atoms with Gasteiger partial charge in [0.15, 0.2) is 0 Å². The van der Waals surface area contributed by atoms with E-state index in [4.69, 9.17) is 10.3 Å². The zero-order valence-electron chi connectivity index (χ0n) is 9.63. The minimum absolute atomic E-state index is 0.173. The Labute approximate surface area is 99.3 Å². The third-order valence-electron chi connectivity index (χ3n) is 2.46. The highest BCUT2D eigenvalue weighted by Gasteiger charge is 2.14. The fourth-order valence-corrected chi connectivity index (χ4v) is 1.58. The fourth-order valence-electron chi connectivity index (χ4n) is 1.58. The average molecular weight is 233 g/mol. The van der Waals surface area contributed by atoms with Crippen LogP contribution in [0.1, 0.15) is 31.7 Å². The van der Waals surface area contributed by atoms with Crippen LogP contribution in [-0.2, 0) is 0 Å². The Morgan fingerprint density at radius 2 is 2.29 bits per heavy atom. The number of hydrogen-bond donors (Lipinski definition) is 2. The first kappa shape index (κ1) is 11.6. The number of nitrogens with two attached hydrogens (primary N) is 1. The Bertz CT molecular complexity index is 496. The van der Waals surface area contributed by atoms with Gasteiger partial charge in [-0.15, -0.1) is 0 Å². The molecule has 1 heterocycles. The predicted octanol–water partition coefficient (Wildman–Crippen LogP) is 2.24.